The molecular weight excluding hydrogens is 254 g/mol. The third-order valence-corrected chi connectivity index (χ3v) is 3.26. The molecule has 0 aromatic heterocycles. The van der Waals surface area contributed by atoms with E-state index in [-0.39, 0.29) is 0 Å². The smallest absolute Gasteiger partial charge is 0.161 e. The lowest BCUT2D eigenvalue weighted by molar-refractivity contribution is 0.133. The van der Waals surface area contributed by atoms with Gasteiger partial charge in [-0.15, -0.1) is 0 Å². The number of fused-ring (bicyclic) bond motifs is 1. The van der Waals surface area contributed by atoms with E-state index in [1.165, 1.54) is 12.0 Å². The second-order valence-electron chi connectivity index (χ2n) is 4.94. The van der Waals surface area contributed by atoms with Gasteiger partial charge in [0.05, 0.1) is 6.61 Å². The van der Waals surface area contributed by atoms with Crippen LogP contribution in [-0.2, 0) is 11.2 Å². The van der Waals surface area contributed by atoms with Crippen LogP contribution in [0.2, 0.25) is 0 Å². The summed E-state index contributed by atoms with van der Waals surface area (Å²) in [7, 11) is 0. The molecule has 1 aliphatic rings. The fraction of sp³-hybridized carbons (Fsp3) is 0.625. The van der Waals surface area contributed by atoms with Crippen molar-refractivity contribution >= 4 is 0 Å². The van der Waals surface area contributed by atoms with E-state index < -0.39 is 0 Å². The zero-order valence-electron chi connectivity index (χ0n) is 12.3. The molecule has 0 amide bonds. The fourth-order valence-electron chi connectivity index (χ4n) is 2.09. The van der Waals surface area contributed by atoms with Crippen molar-refractivity contribution in [2.75, 3.05) is 39.5 Å². The first kappa shape index (κ1) is 15.1. The number of rotatable bonds is 9. The molecule has 0 spiro atoms. The lowest BCUT2D eigenvalue weighted by Crippen LogP contribution is -2.22. The number of unbranched alkanes of at least 4 members (excludes halogenated alkanes) is 1. The molecular formula is C16H25NO3. The van der Waals surface area contributed by atoms with Crippen molar-refractivity contribution in [1.29, 1.82) is 0 Å². The molecule has 0 radical (unpaired) electrons. The van der Waals surface area contributed by atoms with E-state index in [9.17, 15) is 0 Å². The molecule has 2 rings (SSSR count). The Morgan fingerprint density at radius 3 is 2.80 bits per heavy atom. The summed E-state index contributed by atoms with van der Waals surface area (Å²) in [4.78, 5) is 0. The minimum Gasteiger partial charge on any atom is -0.486 e. The summed E-state index contributed by atoms with van der Waals surface area (Å²) in [5.41, 5.74) is 1.27. The summed E-state index contributed by atoms with van der Waals surface area (Å²) in [6.07, 6.45) is 3.33. The summed E-state index contributed by atoms with van der Waals surface area (Å²) < 4.78 is 16.6. The summed E-state index contributed by atoms with van der Waals surface area (Å²) in [5, 5.41) is 3.39. The van der Waals surface area contributed by atoms with Gasteiger partial charge in [-0.3, -0.25) is 0 Å². The van der Waals surface area contributed by atoms with Crippen molar-refractivity contribution in [2.24, 2.45) is 0 Å². The molecule has 0 atom stereocenters. The van der Waals surface area contributed by atoms with E-state index in [2.05, 4.69) is 24.4 Å². The molecule has 1 N–H and O–H groups in total. The van der Waals surface area contributed by atoms with Gasteiger partial charge in [0.25, 0.3) is 0 Å². The third-order valence-electron chi connectivity index (χ3n) is 3.26. The number of nitrogens with one attached hydrogen (secondary N) is 1. The molecule has 1 aromatic rings. The maximum Gasteiger partial charge on any atom is 0.161 e. The molecule has 0 saturated heterocycles. The summed E-state index contributed by atoms with van der Waals surface area (Å²) >= 11 is 0. The molecule has 0 saturated carbocycles. The first-order valence-corrected chi connectivity index (χ1v) is 7.57. The van der Waals surface area contributed by atoms with Crippen LogP contribution >= 0.6 is 0 Å². The highest BCUT2D eigenvalue weighted by Crippen LogP contribution is 2.30. The second-order valence-corrected chi connectivity index (χ2v) is 4.94. The highest BCUT2D eigenvalue weighted by Gasteiger charge is 2.11. The van der Waals surface area contributed by atoms with Crippen LogP contribution in [0.5, 0.6) is 11.5 Å². The second kappa shape index (κ2) is 8.82. The summed E-state index contributed by atoms with van der Waals surface area (Å²) in [6, 6.07) is 6.18. The van der Waals surface area contributed by atoms with Crippen LogP contribution in [0, 0.1) is 0 Å². The highest BCUT2D eigenvalue weighted by molar-refractivity contribution is 5.43. The van der Waals surface area contributed by atoms with Crippen molar-refractivity contribution in [3.8, 4) is 11.5 Å². The molecule has 0 fully saturated rings. The molecule has 4 nitrogen and oxygen atoms in total. The fourth-order valence-corrected chi connectivity index (χ4v) is 2.09. The molecule has 0 aliphatic carbocycles. The van der Waals surface area contributed by atoms with E-state index in [0.717, 1.165) is 50.6 Å². The summed E-state index contributed by atoms with van der Waals surface area (Å²) in [5.74, 6) is 1.73. The molecule has 20 heavy (non-hydrogen) atoms. The average Bonchev–Trinajstić information content (AvgIpc) is 2.50. The maximum atomic E-state index is 5.58. The largest absolute Gasteiger partial charge is 0.486 e. The molecule has 1 heterocycles. The number of ether oxygens (including phenoxy) is 3. The Balaban J connectivity index is 1.60. The predicted molar refractivity (Wildman–Crippen MR) is 79.7 cm³/mol. The van der Waals surface area contributed by atoms with Gasteiger partial charge in [-0.05, 0) is 37.1 Å². The minimum atomic E-state index is 0.643. The quantitative estimate of drug-likeness (QED) is 0.705. The first-order valence-electron chi connectivity index (χ1n) is 7.57. The van der Waals surface area contributed by atoms with Crippen molar-refractivity contribution in [3.05, 3.63) is 23.8 Å². The number of benzene rings is 1. The Labute approximate surface area is 121 Å². The van der Waals surface area contributed by atoms with Crippen molar-refractivity contribution < 1.29 is 14.2 Å². The van der Waals surface area contributed by atoms with E-state index in [4.69, 9.17) is 14.2 Å². The van der Waals surface area contributed by atoms with Crippen LogP contribution < -0.4 is 14.8 Å². The zero-order chi connectivity index (χ0) is 14.0. The van der Waals surface area contributed by atoms with E-state index >= 15 is 0 Å². The van der Waals surface area contributed by atoms with E-state index in [0.29, 0.717) is 13.2 Å². The molecule has 0 unspecified atom stereocenters. The summed E-state index contributed by atoms with van der Waals surface area (Å²) in [6.45, 7) is 7.00. The van der Waals surface area contributed by atoms with Gasteiger partial charge >= 0.3 is 0 Å². The molecule has 1 aromatic carbocycles. The Hall–Kier alpha value is -1.26. The number of hydrogen-bond acceptors (Lipinski definition) is 4. The normalized spacial score (nSPS) is 13.4. The monoisotopic (exact) mass is 279 g/mol. The Morgan fingerprint density at radius 2 is 1.95 bits per heavy atom. The van der Waals surface area contributed by atoms with Gasteiger partial charge < -0.3 is 19.5 Å². The molecule has 0 bridgehead atoms. The maximum absolute atomic E-state index is 5.58. The number of hydrogen-bond donors (Lipinski definition) is 1. The lowest BCUT2D eigenvalue weighted by atomic mass is 10.1. The average molecular weight is 279 g/mol. The van der Waals surface area contributed by atoms with Crippen molar-refractivity contribution in [1.82, 2.24) is 5.32 Å². The zero-order valence-corrected chi connectivity index (χ0v) is 12.3. The van der Waals surface area contributed by atoms with Gasteiger partial charge in [0.2, 0.25) is 0 Å². The SMILES string of the molecule is CCCCOCCNCCc1ccc2c(c1)OCCO2. The molecule has 1 aliphatic heterocycles. The van der Waals surface area contributed by atoms with Crippen LogP contribution in [0.3, 0.4) is 0 Å². The van der Waals surface area contributed by atoms with Crippen molar-refractivity contribution in [3.63, 3.8) is 0 Å². The topological polar surface area (TPSA) is 39.7 Å². The Morgan fingerprint density at radius 1 is 1.10 bits per heavy atom. The van der Waals surface area contributed by atoms with Gasteiger partial charge in [0.15, 0.2) is 11.5 Å². The van der Waals surface area contributed by atoms with Crippen LogP contribution in [0.15, 0.2) is 18.2 Å². The van der Waals surface area contributed by atoms with Crippen LogP contribution in [0.1, 0.15) is 25.3 Å². The van der Waals surface area contributed by atoms with Crippen molar-refractivity contribution in [2.45, 2.75) is 26.2 Å². The predicted octanol–water partition coefficient (Wildman–Crippen LogP) is 2.41. The van der Waals surface area contributed by atoms with Crippen LogP contribution in [-0.4, -0.2) is 39.5 Å². The van der Waals surface area contributed by atoms with Gasteiger partial charge in [0.1, 0.15) is 13.2 Å². The van der Waals surface area contributed by atoms with E-state index in [1.54, 1.807) is 0 Å². The third kappa shape index (κ3) is 5.02. The van der Waals surface area contributed by atoms with Gasteiger partial charge in [-0.25, -0.2) is 0 Å². The Bertz CT molecular complexity index is 395. The van der Waals surface area contributed by atoms with Crippen LogP contribution in [0.25, 0.3) is 0 Å². The lowest BCUT2D eigenvalue weighted by Gasteiger charge is -2.18. The molecule has 112 valence electrons. The molecule has 4 heteroatoms. The Kier molecular flexibility index (Phi) is 6.68. The van der Waals surface area contributed by atoms with Gasteiger partial charge in [0, 0.05) is 13.2 Å². The van der Waals surface area contributed by atoms with Crippen LogP contribution in [0.4, 0.5) is 0 Å². The minimum absolute atomic E-state index is 0.643. The van der Waals surface area contributed by atoms with E-state index in [1.807, 2.05) is 6.07 Å². The van der Waals surface area contributed by atoms with Gasteiger partial charge in [-0.1, -0.05) is 19.4 Å². The highest BCUT2D eigenvalue weighted by atomic mass is 16.6. The van der Waals surface area contributed by atoms with Gasteiger partial charge in [-0.2, -0.15) is 0 Å². The first-order chi connectivity index (χ1) is 9.90. The standard InChI is InChI=1S/C16H25NO3/c1-2-3-9-18-10-8-17-7-6-14-4-5-15-16(13-14)20-12-11-19-15/h4-5,13,17H,2-3,6-12H2,1H3.